The summed E-state index contributed by atoms with van der Waals surface area (Å²) < 4.78 is 68.4. The van der Waals surface area contributed by atoms with Gasteiger partial charge >= 0.3 is 39.5 Å². The summed E-state index contributed by atoms with van der Waals surface area (Å²) >= 11 is 0. The van der Waals surface area contributed by atoms with Gasteiger partial charge in [-0.25, -0.2) is 9.13 Å². The highest BCUT2D eigenvalue weighted by atomic mass is 31.2. The summed E-state index contributed by atoms with van der Waals surface area (Å²) in [6.45, 7) is 4.24. The number of hydrogen-bond donors (Lipinski definition) is 3. The summed E-state index contributed by atoms with van der Waals surface area (Å²) in [5.41, 5.74) is 0. The number of aliphatic hydroxyl groups excluding tert-OH is 1. The minimum atomic E-state index is -5.02. The molecule has 0 aliphatic rings. The van der Waals surface area contributed by atoms with Crippen LogP contribution in [0.4, 0.5) is 0 Å². The SMILES string of the molecule is CC/C=C\C/C=C\C/C=C\C/C=C\C/C=C\C/C=C\CCC(=O)OCC(COP(=O)(O)OCC(O)COP(=O)(O)OCC(COC(=O)CCCCCCCC/C=C\C/C=C\C/C=C\C/C=C\CC)OC(=O)C/C=C\C/C=C\C/C=C\C/C=C\C/C=C\CC)OC(=O)CCCCCCC/C=C\C/C=C\CCCCC. The van der Waals surface area contributed by atoms with Gasteiger partial charge in [-0.2, -0.15) is 0 Å². The zero-order chi connectivity index (χ0) is 78.9. The van der Waals surface area contributed by atoms with E-state index in [2.05, 4.69) is 192 Å². The Balaban J connectivity index is 5.53. The lowest BCUT2D eigenvalue weighted by Gasteiger charge is -2.21. The number of aliphatic hydroxyl groups is 1. The zero-order valence-corrected chi connectivity index (χ0v) is 68.2. The highest BCUT2D eigenvalue weighted by Gasteiger charge is 2.30. The van der Waals surface area contributed by atoms with Crippen LogP contribution < -0.4 is 0 Å². The van der Waals surface area contributed by atoms with E-state index < -0.39 is 97.5 Å². The molecule has 5 unspecified atom stereocenters. The van der Waals surface area contributed by atoms with E-state index in [1.165, 1.54) is 19.3 Å². The lowest BCUT2D eigenvalue weighted by Crippen LogP contribution is -2.30. The molecule has 17 nitrogen and oxygen atoms in total. The molecular weight excluding hydrogens is 1400 g/mol. The van der Waals surface area contributed by atoms with Gasteiger partial charge in [0.25, 0.3) is 0 Å². The summed E-state index contributed by atoms with van der Waals surface area (Å²) in [7, 11) is -10.0. The summed E-state index contributed by atoms with van der Waals surface area (Å²) in [5.74, 6) is -2.48. The van der Waals surface area contributed by atoms with Crippen LogP contribution in [0.2, 0.25) is 0 Å². The molecule has 0 radical (unpaired) electrons. The van der Waals surface area contributed by atoms with Gasteiger partial charge in [-0.1, -0.05) is 292 Å². The van der Waals surface area contributed by atoms with Crippen LogP contribution in [0, 0.1) is 0 Å². The van der Waals surface area contributed by atoms with E-state index in [-0.39, 0.29) is 25.7 Å². The van der Waals surface area contributed by atoms with Crippen LogP contribution in [0.5, 0.6) is 0 Å². The molecule has 0 heterocycles. The predicted molar refractivity (Wildman–Crippen MR) is 445 cm³/mol. The van der Waals surface area contributed by atoms with Crippen molar-refractivity contribution >= 4 is 39.5 Å². The van der Waals surface area contributed by atoms with Gasteiger partial charge in [-0.3, -0.25) is 37.3 Å². The predicted octanol–water partition coefficient (Wildman–Crippen LogP) is 23.9. The molecule has 0 spiro atoms. The molecule has 0 bridgehead atoms. The van der Waals surface area contributed by atoms with Gasteiger partial charge in [0.05, 0.1) is 32.8 Å². The molecule has 0 aliphatic carbocycles. The van der Waals surface area contributed by atoms with Gasteiger partial charge in [0, 0.05) is 19.3 Å². The molecule has 0 aliphatic heterocycles. The number of allylic oxidation sites excluding steroid dienone is 33. The third-order valence-corrected chi connectivity index (χ3v) is 17.7. The molecule has 0 saturated heterocycles. The van der Waals surface area contributed by atoms with Crippen LogP contribution in [0.3, 0.4) is 0 Å². The molecular formula is C89H140O17P2. The maximum atomic E-state index is 13.1. The van der Waals surface area contributed by atoms with Crippen molar-refractivity contribution in [3.05, 3.63) is 207 Å². The molecule has 608 valence electrons. The second-order valence-electron chi connectivity index (χ2n) is 25.9. The quantitative estimate of drug-likeness (QED) is 0.0169. The average molecular weight is 1540 g/mol. The fraction of sp³-hybridized carbons (Fsp3) is 0.573. The van der Waals surface area contributed by atoms with Crippen molar-refractivity contribution in [1.29, 1.82) is 0 Å². The van der Waals surface area contributed by atoms with E-state index in [1.807, 2.05) is 30.4 Å². The smallest absolute Gasteiger partial charge is 0.462 e. The molecule has 0 rings (SSSR count). The molecule has 0 saturated carbocycles. The topological polar surface area (TPSA) is 237 Å². The van der Waals surface area contributed by atoms with E-state index in [9.17, 15) is 43.2 Å². The summed E-state index contributed by atoms with van der Waals surface area (Å²) in [5, 5.41) is 10.6. The van der Waals surface area contributed by atoms with Gasteiger partial charge in [-0.05, 0) is 161 Å². The number of ether oxygens (including phenoxy) is 4. The standard InChI is InChI=1S/C89H140O17P2/c1-5-9-13-17-21-25-29-33-37-39-41-43-47-49-53-57-61-65-69-73-86(91)99-79-84(105-88(93)75-71-67-63-59-55-51-45-35-31-27-23-19-15-11-7-3)81-103-107(95,96)101-77-83(90)78-102-108(97,98)104-82-85(106-89(94)76-72-68-64-60-56-52-46-36-32-28-24-20-16-12-8-4)80-100-87(92)74-70-66-62-58-54-50-48-44-42-40-38-34-30-26-22-18-14-10-6-2/h9-11,13-15,21-28,33-38,41-46,50,54-55,59,62,66-67,71,83-85,90H,5-8,12,16-20,29-32,39-40,47-49,51-53,56-58,60-61,63-65,68-70,72-82H2,1-4H3,(H,95,96)(H,97,98)/b13-9-,14-10-,15-11-,25-21-,26-22-,27-23-,28-24-,37-33-,38-34-,43-41-,44-42-,45-35-,46-36-,54-50-,59-55-,66-62-,71-67-. The molecule has 0 fully saturated rings. The lowest BCUT2D eigenvalue weighted by atomic mass is 10.1. The van der Waals surface area contributed by atoms with Crippen LogP contribution in [-0.2, 0) is 65.4 Å². The van der Waals surface area contributed by atoms with Crippen LogP contribution in [0.25, 0.3) is 0 Å². The summed E-state index contributed by atoms with van der Waals surface area (Å²) in [4.78, 5) is 73.0. The van der Waals surface area contributed by atoms with Gasteiger partial charge in [0.15, 0.2) is 12.2 Å². The number of rotatable bonds is 73. The molecule has 5 atom stereocenters. The molecule has 0 aromatic rings. The Morgan fingerprint density at radius 2 is 0.537 bits per heavy atom. The average Bonchev–Trinajstić information content (AvgIpc) is 0.923. The van der Waals surface area contributed by atoms with Crippen molar-refractivity contribution < 1.29 is 80.2 Å². The fourth-order valence-electron chi connectivity index (χ4n) is 9.75. The molecule has 19 heteroatoms. The number of hydrogen-bond acceptors (Lipinski definition) is 15. The Hall–Kier alpha value is -6.36. The summed E-state index contributed by atoms with van der Waals surface area (Å²) in [6.07, 6.45) is 98.5. The molecule has 0 amide bonds. The number of phosphoric ester groups is 2. The van der Waals surface area contributed by atoms with E-state index in [0.717, 1.165) is 167 Å². The van der Waals surface area contributed by atoms with Gasteiger partial charge in [0.2, 0.25) is 0 Å². The second kappa shape index (κ2) is 78.8. The minimum absolute atomic E-state index is 0.0228. The van der Waals surface area contributed by atoms with Crippen LogP contribution >= 0.6 is 15.6 Å². The first-order valence-corrected chi connectivity index (χ1v) is 43.3. The van der Waals surface area contributed by atoms with Gasteiger partial charge in [-0.15, -0.1) is 0 Å². The van der Waals surface area contributed by atoms with Crippen molar-refractivity contribution in [3.63, 3.8) is 0 Å². The molecule has 0 aromatic heterocycles. The maximum Gasteiger partial charge on any atom is 0.472 e. The van der Waals surface area contributed by atoms with Gasteiger partial charge < -0.3 is 33.8 Å². The Bertz CT molecular complexity index is 2860. The molecule has 3 N–H and O–H groups in total. The van der Waals surface area contributed by atoms with Crippen molar-refractivity contribution in [1.82, 2.24) is 0 Å². The second-order valence-corrected chi connectivity index (χ2v) is 28.8. The number of esters is 4. The third-order valence-electron chi connectivity index (χ3n) is 15.8. The lowest BCUT2D eigenvalue weighted by molar-refractivity contribution is -0.161. The molecule has 0 aromatic carbocycles. The number of unbranched alkanes of at least 4 members (excludes halogenated alkanes) is 14. The van der Waals surface area contributed by atoms with Crippen LogP contribution in [-0.4, -0.2) is 96.7 Å². The summed E-state index contributed by atoms with van der Waals surface area (Å²) in [6, 6.07) is 0. The van der Waals surface area contributed by atoms with Crippen molar-refractivity contribution in [3.8, 4) is 0 Å². The third kappa shape index (κ3) is 77.8. The zero-order valence-electron chi connectivity index (χ0n) is 66.4. The first kappa shape index (κ1) is 102. The van der Waals surface area contributed by atoms with E-state index in [0.29, 0.717) is 32.1 Å². The van der Waals surface area contributed by atoms with Crippen molar-refractivity contribution in [2.24, 2.45) is 0 Å². The number of carbonyl (C=O) groups excluding carboxylic acids is 4. The highest BCUT2D eigenvalue weighted by Crippen LogP contribution is 2.45. The monoisotopic (exact) mass is 1540 g/mol. The van der Waals surface area contributed by atoms with Crippen molar-refractivity contribution in [2.75, 3.05) is 39.6 Å². The maximum absolute atomic E-state index is 13.1. The minimum Gasteiger partial charge on any atom is -0.462 e. The van der Waals surface area contributed by atoms with E-state index >= 15 is 0 Å². The van der Waals surface area contributed by atoms with E-state index in [4.69, 9.17) is 37.0 Å². The number of carbonyl (C=O) groups is 4. The largest absolute Gasteiger partial charge is 0.472 e. The van der Waals surface area contributed by atoms with Crippen LogP contribution in [0.1, 0.15) is 272 Å². The normalized spacial score (nSPS) is 14.9. The Morgan fingerprint density at radius 3 is 0.880 bits per heavy atom. The first-order valence-electron chi connectivity index (χ1n) is 40.3. The molecule has 108 heavy (non-hydrogen) atoms. The van der Waals surface area contributed by atoms with Crippen molar-refractivity contribution in [2.45, 2.75) is 290 Å². The van der Waals surface area contributed by atoms with E-state index in [1.54, 1.807) is 12.2 Å². The Kier molecular flexibility index (Phi) is 74.1. The Labute approximate surface area is 652 Å². The first-order chi connectivity index (χ1) is 52.7. The highest BCUT2D eigenvalue weighted by molar-refractivity contribution is 7.47. The van der Waals surface area contributed by atoms with Crippen LogP contribution in [0.15, 0.2) is 207 Å². The van der Waals surface area contributed by atoms with Gasteiger partial charge in [0.1, 0.15) is 19.3 Å². The Morgan fingerprint density at radius 1 is 0.278 bits per heavy atom. The number of phosphoric acid groups is 2. The fourth-order valence-corrected chi connectivity index (χ4v) is 11.3.